The molecule has 0 unspecified atom stereocenters. The van der Waals surface area contributed by atoms with Crippen molar-refractivity contribution in [1.82, 2.24) is 14.8 Å². The number of carboxylic acids is 1. The van der Waals surface area contributed by atoms with Gasteiger partial charge in [-0.25, -0.2) is 9.37 Å². The molecule has 0 amide bonds. The van der Waals surface area contributed by atoms with Crippen LogP contribution in [-0.4, -0.2) is 25.8 Å². The summed E-state index contributed by atoms with van der Waals surface area (Å²) in [5.74, 6) is -1.83. The summed E-state index contributed by atoms with van der Waals surface area (Å²) in [5, 5.41) is 13.5. The molecule has 1 N–H and O–H groups in total. The van der Waals surface area contributed by atoms with Crippen LogP contribution in [0.3, 0.4) is 0 Å². The molecule has 25 heavy (non-hydrogen) atoms. The summed E-state index contributed by atoms with van der Waals surface area (Å²) in [6.07, 6.45) is -0.425. The van der Waals surface area contributed by atoms with Crippen molar-refractivity contribution < 1.29 is 14.3 Å². The molecule has 0 atom stereocenters. The lowest BCUT2D eigenvalue weighted by Crippen LogP contribution is -2.24. The number of benzene rings is 2. The Hall–Kier alpha value is -3.13. The van der Waals surface area contributed by atoms with Gasteiger partial charge in [-0.15, -0.1) is 0 Å². The average Bonchev–Trinajstić information content (AvgIpc) is 3.00. The predicted molar refractivity (Wildman–Crippen MR) is 91.8 cm³/mol. The Kier molecular flexibility index (Phi) is 3.54. The third kappa shape index (κ3) is 2.56. The number of aromatic nitrogens is 3. The fourth-order valence-corrected chi connectivity index (χ4v) is 3.58. The largest absolute Gasteiger partial charge is 0.481 e. The number of halogens is 1. The summed E-state index contributed by atoms with van der Waals surface area (Å²) in [6.45, 7) is 0. The Labute approximate surface area is 143 Å². The molecule has 2 heterocycles. The van der Waals surface area contributed by atoms with Gasteiger partial charge in [-0.2, -0.15) is 9.78 Å². The van der Waals surface area contributed by atoms with Crippen LogP contribution in [0.1, 0.15) is 5.69 Å². The van der Waals surface area contributed by atoms with E-state index in [1.165, 1.54) is 23.5 Å². The molecule has 2 aromatic heterocycles. The van der Waals surface area contributed by atoms with E-state index in [0.717, 1.165) is 15.4 Å². The SMILES string of the molecule is O=C(O)Cc1nn(-c2nc3ccccc3s2)c(=O)c2c(F)cccc12. The van der Waals surface area contributed by atoms with Crippen molar-refractivity contribution in [2.24, 2.45) is 0 Å². The minimum Gasteiger partial charge on any atom is -0.481 e. The van der Waals surface area contributed by atoms with E-state index in [1.54, 1.807) is 6.07 Å². The number of carbonyl (C=O) groups is 1. The summed E-state index contributed by atoms with van der Waals surface area (Å²) in [7, 11) is 0. The Balaban J connectivity index is 2.06. The molecule has 0 saturated carbocycles. The molecule has 0 spiro atoms. The lowest BCUT2D eigenvalue weighted by atomic mass is 10.1. The fourth-order valence-electron chi connectivity index (χ4n) is 2.66. The first-order chi connectivity index (χ1) is 12.0. The van der Waals surface area contributed by atoms with Gasteiger partial charge in [0.25, 0.3) is 5.56 Å². The van der Waals surface area contributed by atoms with Crippen molar-refractivity contribution in [2.45, 2.75) is 6.42 Å². The summed E-state index contributed by atoms with van der Waals surface area (Å²) < 4.78 is 16.1. The Bertz CT molecular complexity index is 1170. The van der Waals surface area contributed by atoms with Gasteiger partial charge < -0.3 is 5.11 Å². The molecule has 124 valence electrons. The van der Waals surface area contributed by atoms with Crippen molar-refractivity contribution in [3.63, 3.8) is 0 Å². The maximum absolute atomic E-state index is 14.3. The normalized spacial score (nSPS) is 11.2. The van der Waals surface area contributed by atoms with E-state index < -0.39 is 23.8 Å². The van der Waals surface area contributed by atoms with Crippen LogP contribution in [0.2, 0.25) is 0 Å². The highest BCUT2D eigenvalue weighted by Gasteiger charge is 2.18. The van der Waals surface area contributed by atoms with E-state index in [1.807, 2.05) is 18.2 Å². The lowest BCUT2D eigenvalue weighted by molar-refractivity contribution is -0.136. The van der Waals surface area contributed by atoms with E-state index in [4.69, 9.17) is 5.11 Å². The zero-order valence-corrected chi connectivity index (χ0v) is 13.5. The third-order valence-corrected chi connectivity index (χ3v) is 4.75. The number of hydrogen-bond acceptors (Lipinski definition) is 5. The molecule has 0 aliphatic carbocycles. The summed E-state index contributed by atoms with van der Waals surface area (Å²) in [6, 6.07) is 11.4. The van der Waals surface area contributed by atoms with E-state index >= 15 is 0 Å². The number of hydrogen-bond donors (Lipinski definition) is 1. The van der Waals surface area contributed by atoms with Crippen LogP contribution >= 0.6 is 11.3 Å². The number of carboxylic acid groups (broad SMARTS) is 1. The van der Waals surface area contributed by atoms with Gasteiger partial charge in [-0.05, 0) is 18.2 Å². The lowest BCUT2D eigenvalue weighted by Gasteiger charge is -2.08. The molecular weight excluding hydrogens is 345 g/mol. The van der Waals surface area contributed by atoms with Crippen LogP contribution in [0.25, 0.3) is 26.1 Å². The van der Waals surface area contributed by atoms with Gasteiger partial charge in [0.2, 0.25) is 5.13 Å². The van der Waals surface area contributed by atoms with Gasteiger partial charge in [-0.1, -0.05) is 35.6 Å². The second-order valence-corrected chi connectivity index (χ2v) is 6.37. The Morgan fingerprint density at radius 2 is 2.00 bits per heavy atom. The molecule has 0 radical (unpaired) electrons. The number of thiazole rings is 1. The van der Waals surface area contributed by atoms with Crippen LogP contribution < -0.4 is 5.56 Å². The second kappa shape index (κ2) is 5.75. The third-order valence-electron chi connectivity index (χ3n) is 3.73. The predicted octanol–water partition coefficient (Wildman–Crippen LogP) is 2.76. The van der Waals surface area contributed by atoms with Gasteiger partial charge in [0.1, 0.15) is 5.82 Å². The van der Waals surface area contributed by atoms with Crippen LogP contribution in [0, 0.1) is 5.82 Å². The molecule has 6 nitrogen and oxygen atoms in total. The number of rotatable bonds is 3. The van der Waals surface area contributed by atoms with Crippen LogP contribution in [0.5, 0.6) is 0 Å². The van der Waals surface area contributed by atoms with Crippen molar-refractivity contribution in [2.75, 3.05) is 0 Å². The first-order valence-electron chi connectivity index (χ1n) is 7.33. The minimum absolute atomic E-state index is 0.112. The fraction of sp³-hybridized carbons (Fsp3) is 0.0588. The standard InChI is InChI=1S/C17H10FN3O3S/c18-10-5-3-4-9-12(8-14(22)23)20-21(16(24)15(9)10)17-19-11-6-1-2-7-13(11)25-17/h1-7H,8H2,(H,22,23). The molecule has 0 saturated heterocycles. The summed E-state index contributed by atoms with van der Waals surface area (Å²) in [5.41, 5.74) is 0.131. The number of aliphatic carboxylic acids is 1. The molecule has 0 bridgehead atoms. The maximum Gasteiger partial charge on any atom is 0.309 e. The second-order valence-electron chi connectivity index (χ2n) is 5.36. The first kappa shape index (κ1) is 15.4. The molecule has 0 fully saturated rings. The zero-order chi connectivity index (χ0) is 17.6. The van der Waals surface area contributed by atoms with Crippen LogP contribution in [-0.2, 0) is 11.2 Å². The number of para-hydroxylation sites is 1. The molecule has 8 heteroatoms. The highest BCUT2D eigenvalue weighted by Crippen LogP contribution is 2.25. The van der Waals surface area contributed by atoms with Gasteiger partial charge >= 0.3 is 5.97 Å². The zero-order valence-electron chi connectivity index (χ0n) is 12.6. The van der Waals surface area contributed by atoms with Crippen molar-refractivity contribution in [3.05, 3.63) is 64.3 Å². The van der Waals surface area contributed by atoms with Crippen LogP contribution in [0.4, 0.5) is 4.39 Å². The van der Waals surface area contributed by atoms with Gasteiger partial charge in [-0.3, -0.25) is 9.59 Å². The average molecular weight is 355 g/mol. The topological polar surface area (TPSA) is 85.1 Å². The van der Waals surface area contributed by atoms with E-state index in [9.17, 15) is 14.0 Å². The first-order valence-corrected chi connectivity index (χ1v) is 8.14. The summed E-state index contributed by atoms with van der Waals surface area (Å²) in [4.78, 5) is 28.2. The maximum atomic E-state index is 14.3. The Morgan fingerprint density at radius 3 is 2.76 bits per heavy atom. The number of nitrogens with zero attached hydrogens (tertiary/aromatic N) is 3. The van der Waals surface area contributed by atoms with Gasteiger partial charge in [0.15, 0.2) is 0 Å². The summed E-state index contributed by atoms with van der Waals surface area (Å²) >= 11 is 1.23. The highest BCUT2D eigenvalue weighted by atomic mass is 32.1. The monoisotopic (exact) mass is 355 g/mol. The van der Waals surface area contributed by atoms with Crippen molar-refractivity contribution in [1.29, 1.82) is 0 Å². The number of fused-ring (bicyclic) bond motifs is 2. The van der Waals surface area contributed by atoms with E-state index in [0.29, 0.717) is 5.52 Å². The minimum atomic E-state index is -1.12. The molecule has 2 aromatic carbocycles. The molecular formula is C17H10FN3O3S. The molecule has 0 aliphatic heterocycles. The Morgan fingerprint density at radius 1 is 1.20 bits per heavy atom. The molecule has 0 aliphatic rings. The molecule has 4 aromatic rings. The smallest absolute Gasteiger partial charge is 0.309 e. The van der Waals surface area contributed by atoms with Gasteiger partial charge in [0.05, 0.1) is 27.7 Å². The quantitative estimate of drug-likeness (QED) is 0.611. The van der Waals surface area contributed by atoms with Crippen molar-refractivity contribution >= 4 is 38.3 Å². The van der Waals surface area contributed by atoms with Gasteiger partial charge in [0, 0.05) is 5.39 Å². The molecule has 4 rings (SSSR count). The highest BCUT2D eigenvalue weighted by molar-refractivity contribution is 7.20. The van der Waals surface area contributed by atoms with Crippen LogP contribution in [0.15, 0.2) is 47.3 Å². The van der Waals surface area contributed by atoms with E-state index in [2.05, 4.69) is 10.1 Å². The van der Waals surface area contributed by atoms with E-state index in [-0.39, 0.29) is 21.6 Å². The van der Waals surface area contributed by atoms with Crippen molar-refractivity contribution in [3.8, 4) is 5.13 Å².